The lowest BCUT2D eigenvalue weighted by Crippen LogP contribution is -2.40. The van der Waals surface area contributed by atoms with Crippen LogP contribution in [-0.2, 0) is 35.2 Å². The Hall–Kier alpha value is -3.82. The van der Waals surface area contributed by atoms with Crippen LogP contribution in [0.4, 0.5) is 35.1 Å². The van der Waals surface area contributed by atoms with Crippen molar-refractivity contribution in [1.29, 1.82) is 0 Å². The predicted octanol–water partition coefficient (Wildman–Crippen LogP) is 3.55. The molecule has 0 fully saturated rings. The first kappa shape index (κ1) is 30.4. The first-order valence-electron chi connectivity index (χ1n) is 10.5. The number of aromatic nitrogens is 1. The highest BCUT2D eigenvalue weighted by atomic mass is 19.4. The minimum atomic E-state index is -5.08. The largest absolute Gasteiger partial charge is 0.490 e. The van der Waals surface area contributed by atoms with Gasteiger partial charge in [-0.25, -0.2) is 23.4 Å². The molecular formula is C22H19F8N3O5. The van der Waals surface area contributed by atoms with Gasteiger partial charge < -0.3 is 20.8 Å². The SMILES string of the molecule is N[C@@H](CC(=O)N1CCc2cc(C(=O)O)c(C(F)(F)F)nc2C1)Cc1cc(F)ccc1F.O=C(O)C(F)(F)F. The van der Waals surface area contributed by atoms with Gasteiger partial charge in [0, 0.05) is 19.0 Å². The first-order valence-corrected chi connectivity index (χ1v) is 10.5. The average molecular weight is 557 g/mol. The van der Waals surface area contributed by atoms with Crippen molar-refractivity contribution in [3.63, 3.8) is 0 Å². The maximum atomic E-state index is 13.8. The maximum Gasteiger partial charge on any atom is 0.490 e. The zero-order valence-corrected chi connectivity index (χ0v) is 19.0. The van der Waals surface area contributed by atoms with E-state index < -0.39 is 59.1 Å². The molecule has 38 heavy (non-hydrogen) atoms. The predicted molar refractivity (Wildman–Crippen MR) is 112 cm³/mol. The third kappa shape index (κ3) is 8.09. The Labute approximate surface area is 208 Å². The van der Waals surface area contributed by atoms with Gasteiger partial charge in [-0.1, -0.05) is 0 Å². The van der Waals surface area contributed by atoms with Crippen LogP contribution in [0.1, 0.15) is 39.3 Å². The van der Waals surface area contributed by atoms with Crippen molar-refractivity contribution >= 4 is 17.8 Å². The topological polar surface area (TPSA) is 134 Å². The van der Waals surface area contributed by atoms with Gasteiger partial charge in [-0.3, -0.25) is 4.79 Å². The molecule has 1 atom stereocenters. The van der Waals surface area contributed by atoms with E-state index >= 15 is 0 Å². The van der Waals surface area contributed by atoms with Crippen LogP contribution in [0.2, 0.25) is 0 Å². The highest BCUT2D eigenvalue weighted by molar-refractivity contribution is 5.89. The molecule has 2 aromatic rings. The third-order valence-electron chi connectivity index (χ3n) is 5.20. The molecule has 0 spiro atoms. The Morgan fingerprint density at radius 3 is 2.18 bits per heavy atom. The van der Waals surface area contributed by atoms with E-state index in [1.165, 1.54) is 4.90 Å². The van der Waals surface area contributed by atoms with Gasteiger partial charge in [-0.2, -0.15) is 26.3 Å². The smallest absolute Gasteiger partial charge is 0.478 e. The van der Waals surface area contributed by atoms with Crippen LogP contribution in [-0.4, -0.2) is 56.7 Å². The lowest BCUT2D eigenvalue weighted by atomic mass is 9.99. The van der Waals surface area contributed by atoms with Crippen molar-refractivity contribution in [3.8, 4) is 0 Å². The summed E-state index contributed by atoms with van der Waals surface area (Å²) in [6.07, 6.45) is -10.3. The fraction of sp³-hybridized carbons (Fsp3) is 0.364. The number of pyridine rings is 1. The third-order valence-corrected chi connectivity index (χ3v) is 5.20. The number of benzene rings is 1. The standard InChI is InChI=1S/C20H18F5N3O3.C2HF3O2/c21-12-1-2-15(22)11(5-12)6-13(26)8-17(29)28-4-3-10-7-14(19(30)31)18(20(23,24)25)27-16(10)9-28;3-2(4,5)1(6)7/h1-2,5,7,13H,3-4,6,8-9,26H2,(H,30,31);(H,6,7)/t13-;/m1./s1. The molecule has 0 bridgehead atoms. The number of rotatable bonds is 5. The number of hydrogen-bond acceptors (Lipinski definition) is 5. The molecule has 1 amide bonds. The van der Waals surface area contributed by atoms with Gasteiger partial charge in [0.15, 0.2) is 5.69 Å². The Kier molecular flexibility index (Phi) is 9.37. The number of carbonyl (C=O) groups excluding carboxylic acids is 1. The quantitative estimate of drug-likeness (QED) is 0.479. The van der Waals surface area contributed by atoms with Gasteiger partial charge in [-0.05, 0) is 48.2 Å². The minimum Gasteiger partial charge on any atom is -0.478 e. The molecular weight excluding hydrogens is 538 g/mol. The van der Waals surface area contributed by atoms with E-state index in [4.69, 9.17) is 20.7 Å². The number of alkyl halides is 6. The lowest BCUT2D eigenvalue weighted by molar-refractivity contribution is -0.192. The summed E-state index contributed by atoms with van der Waals surface area (Å²) < 4.78 is 98.4. The molecule has 0 saturated carbocycles. The van der Waals surface area contributed by atoms with Crippen LogP contribution in [0, 0.1) is 11.6 Å². The van der Waals surface area contributed by atoms with Crippen molar-refractivity contribution in [1.82, 2.24) is 9.88 Å². The molecule has 1 aliphatic heterocycles. The van der Waals surface area contributed by atoms with Crippen LogP contribution < -0.4 is 5.73 Å². The van der Waals surface area contributed by atoms with Gasteiger partial charge in [0.2, 0.25) is 5.91 Å². The Balaban J connectivity index is 0.000000638. The summed E-state index contributed by atoms with van der Waals surface area (Å²) in [4.78, 5) is 37.4. The number of amides is 1. The summed E-state index contributed by atoms with van der Waals surface area (Å²) in [6, 6.07) is 3.00. The summed E-state index contributed by atoms with van der Waals surface area (Å²) in [7, 11) is 0. The van der Waals surface area contributed by atoms with Gasteiger partial charge in [0.25, 0.3) is 0 Å². The molecule has 1 aromatic heterocycles. The molecule has 0 unspecified atom stereocenters. The van der Waals surface area contributed by atoms with Crippen LogP contribution in [0.5, 0.6) is 0 Å². The first-order chi connectivity index (χ1) is 17.4. The van der Waals surface area contributed by atoms with Gasteiger partial charge in [0.1, 0.15) is 11.6 Å². The zero-order valence-electron chi connectivity index (χ0n) is 19.0. The Morgan fingerprint density at radius 2 is 1.66 bits per heavy atom. The van der Waals surface area contributed by atoms with Crippen LogP contribution in [0.25, 0.3) is 0 Å². The number of halogens is 8. The van der Waals surface area contributed by atoms with Gasteiger partial charge in [0.05, 0.1) is 17.8 Å². The number of carboxylic acids is 2. The minimum absolute atomic E-state index is 0.0157. The van der Waals surface area contributed by atoms with Crippen LogP contribution in [0.3, 0.4) is 0 Å². The van der Waals surface area contributed by atoms with Crippen LogP contribution in [0.15, 0.2) is 24.3 Å². The molecule has 1 aliphatic rings. The number of aromatic carboxylic acids is 1. The molecule has 3 rings (SSSR count). The molecule has 208 valence electrons. The summed E-state index contributed by atoms with van der Waals surface area (Å²) in [6.45, 7) is -0.100. The van der Waals surface area contributed by atoms with Crippen molar-refractivity contribution in [2.24, 2.45) is 5.73 Å². The lowest BCUT2D eigenvalue weighted by Gasteiger charge is -2.30. The van der Waals surface area contributed by atoms with Crippen molar-refractivity contribution in [3.05, 3.63) is 64.0 Å². The van der Waals surface area contributed by atoms with E-state index in [9.17, 15) is 44.7 Å². The number of nitrogens with zero attached hydrogens (tertiary/aromatic N) is 2. The monoisotopic (exact) mass is 557 g/mol. The Morgan fingerprint density at radius 1 is 1.05 bits per heavy atom. The molecule has 16 heteroatoms. The number of carboxylic acid groups (broad SMARTS) is 2. The second kappa shape index (κ2) is 11.7. The van der Waals surface area contributed by atoms with Gasteiger partial charge in [-0.15, -0.1) is 0 Å². The summed E-state index contributed by atoms with van der Waals surface area (Å²) in [5, 5.41) is 16.2. The number of fused-ring (bicyclic) bond motifs is 1. The summed E-state index contributed by atoms with van der Waals surface area (Å²) >= 11 is 0. The average Bonchev–Trinajstić information content (AvgIpc) is 2.79. The number of aliphatic carboxylic acids is 1. The van der Waals surface area contributed by atoms with E-state index in [1.54, 1.807) is 0 Å². The molecule has 0 radical (unpaired) electrons. The number of hydrogen-bond donors (Lipinski definition) is 3. The molecule has 8 nitrogen and oxygen atoms in total. The summed E-state index contributed by atoms with van der Waals surface area (Å²) in [5.41, 5.74) is 3.73. The van der Waals surface area contributed by atoms with E-state index in [-0.39, 0.29) is 43.6 Å². The zero-order chi connectivity index (χ0) is 29.0. The van der Waals surface area contributed by atoms with Crippen molar-refractivity contribution in [2.45, 2.75) is 44.2 Å². The fourth-order valence-electron chi connectivity index (χ4n) is 3.46. The molecule has 0 saturated heterocycles. The second-order valence-electron chi connectivity index (χ2n) is 8.07. The Bertz CT molecular complexity index is 1220. The summed E-state index contributed by atoms with van der Waals surface area (Å²) in [5.74, 6) is -6.28. The van der Waals surface area contributed by atoms with Crippen molar-refractivity contribution < 1.29 is 59.7 Å². The number of nitrogens with two attached hydrogens (primary N) is 1. The van der Waals surface area contributed by atoms with E-state index in [2.05, 4.69) is 4.98 Å². The highest BCUT2D eigenvalue weighted by Gasteiger charge is 2.39. The fourth-order valence-corrected chi connectivity index (χ4v) is 3.46. The number of carbonyl (C=O) groups is 3. The molecule has 4 N–H and O–H groups in total. The van der Waals surface area contributed by atoms with Crippen molar-refractivity contribution in [2.75, 3.05) is 6.54 Å². The van der Waals surface area contributed by atoms with E-state index in [0.29, 0.717) is 5.56 Å². The van der Waals surface area contributed by atoms with Gasteiger partial charge >= 0.3 is 24.3 Å². The molecule has 0 aliphatic carbocycles. The van der Waals surface area contributed by atoms with Crippen LogP contribution >= 0.6 is 0 Å². The normalized spacial score (nSPS) is 14.2. The van der Waals surface area contributed by atoms with E-state index in [0.717, 1.165) is 24.3 Å². The van der Waals surface area contributed by atoms with E-state index in [1.807, 2.05) is 0 Å². The second-order valence-corrected chi connectivity index (χ2v) is 8.07. The molecule has 2 heterocycles. The maximum absolute atomic E-state index is 13.8. The highest BCUT2D eigenvalue weighted by Crippen LogP contribution is 2.33. The molecule has 1 aromatic carbocycles.